The van der Waals surface area contributed by atoms with Crippen LogP contribution in [0.5, 0.6) is 0 Å². The zero-order chi connectivity index (χ0) is 15.2. The van der Waals surface area contributed by atoms with Gasteiger partial charge in [-0.2, -0.15) is 0 Å². The zero-order valence-electron chi connectivity index (χ0n) is 12.9. The second-order valence-electron chi connectivity index (χ2n) is 5.26. The van der Waals surface area contributed by atoms with Gasteiger partial charge in [-0.3, -0.25) is 4.79 Å². The smallest absolute Gasteiger partial charge is 0.241 e. The van der Waals surface area contributed by atoms with E-state index in [2.05, 4.69) is 23.6 Å². The van der Waals surface area contributed by atoms with Gasteiger partial charge >= 0.3 is 0 Å². The van der Waals surface area contributed by atoms with E-state index in [-0.39, 0.29) is 5.91 Å². The van der Waals surface area contributed by atoms with Crippen LogP contribution in [-0.4, -0.2) is 49.7 Å². The van der Waals surface area contributed by atoms with E-state index in [1.807, 2.05) is 16.7 Å². The number of ether oxygens (including phenoxy) is 1. The summed E-state index contributed by atoms with van der Waals surface area (Å²) < 4.78 is 7.05. The first-order chi connectivity index (χ1) is 10.1. The van der Waals surface area contributed by atoms with Crippen molar-refractivity contribution in [3.63, 3.8) is 0 Å². The van der Waals surface area contributed by atoms with Crippen LogP contribution in [0.1, 0.15) is 5.56 Å². The van der Waals surface area contributed by atoms with Crippen LogP contribution in [0, 0.1) is 0 Å². The van der Waals surface area contributed by atoms with Crippen LogP contribution in [0.15, 0.2) is 30.5 Å². The normalized spacial score (nSPS) is 11.0. The molecule has 2 rings (SSSR count). The van der Waals surface area contributed by atoms with E-state index in [1.165, 1.54) is 10.9 Å². The summed E-state index contributed by atoms with van der Waals surface area (Å²) in [6, 6.07) is 8.18. The van der Waals surface area contributed by atoms with E-state index < -0.39 is 0 Å². The fourth-order valence-electron chi connectivity index (χ4n) is 2.28. The molecule has 0 bridgehead atoms. The number of methoxy groups -OCH3 is 1. The van der Waals surface area contributed by atoms with Crippen molar-refractivity contribution < 1.29 is 9.53 Å². The molecule has 0 fully saturated rings. The standard InChI is InChI=1S/C16H23N3O2/c1-18(2)16(20)12-19-11-13(10-17-8-9-21-3)14-6-4-5-7-15(14)19/h4-7,11,17H,8-10,12H2,1-3H3. The van der Waals surface area contributed by atoms with Crippen LogP contribution in [-0.2, 0) is 22.6 Å². The number of nitrogens with one attached hydrogen (secondary N) is 1. The number of carbonyl (C=O) groups is 1. The summed E-state index contributed by atoms with van der Waals surface area (Å²) in [5, 5.41) is 4.54. The SMILES string of the molecule is COCCNCc1cn(CC(=O)N(C)C)c2ccccc12. The molecule has 0 saturated heterocycles. The lowest BCUT2D eigenvalue weighted by atomic mass is 10.2. The summed E-state index contributed by atoms with van der Waals surface area (Å²) in [6.45, 7) is 2.64. The lowest BCUT2D eigenvalue weighted by molar-refractivity contribution is -0.129. The van der Waals surface area contributed by atoms with Gasteiger partial charge in [0.15, 0.2) is 0 Å². The lowest BCUT2D eigenvalue weighted by Crippen LogP contribution is -2.26. The van der Waals surface area contributed by atoms with E-state index in [0.717, 1.165) is 18.6 Å². The van der Waals surface area contributed by atoms with Crippen LogP contribution in [0.4, 0.5) is 0 Å². The quantitative estimate of drug-likeness (QED) is 0.785. The highest BCUT2D eigenvalue weighted by atomic mass is 16.5. The Morgan fingerprint density at radius 1 is 1.33 bits per heavy atom. The lowest BCUT2D eigenvalue weighted by Gasteiger charge is -2.11. The van der Waals surface area contributed by atoms with Gasteiger partial charge in [-0.1, -0.05) is 18.2 Å². The minimum absolute atomic E-state index is 0.0923. The van der Waals surface area contributed by atoms with Gasteiger partial charge in [0.2, 0.25) is 5.91 Å². The molecule has 5 heteroatoms. The molecular weight excluding hydrogens is 266 g/mol. The molecule has 1 amide bonds. The highest BCUT2D eigenvalue weighted by Crippen LogP contribution is 2.21. The molecule has 0 unspecified atom stereocenters. The molecule has 2 aromatic rings. The molecule has 21 heavy (non-hydrogen) atoms. The molecule has 1 heterocycles. The summed E-state index contributed by atoms with van der Waals surface area (Å²) in [6.07, 6.45) is 2.06. The van der Waals surface area contributed by atoms with E-state index in [4.69, 9.17) is 4.74 Å². The Bertz CT molecular complexity index is 605. The first kappa shape index (κ1) is 15.5. The van der Waals surface area contributed by atoms with Gasteiger partial charge < -0.3 is 19.5 Å². The predicted octanol–water partition coefficient (Wildman–Crippen LogP) is 1.47. The fraction of sp³-hybridized carbons (Fsp3) is 0.438. The number of para-hydroxylation sites is 1. The van der Waals surface area contributed by atoms with E-state index in [0.29, 0.717) is 13.2 Å². The second kappa shape index (κ2) is 7.24. The maximum absolute atomic E-state index is 11.9. The molecule has 0 saturated carbocycles. The van der Waals surface area contributed by atoms with Crippen molar-refractivity contribution in [3.05, 3.63) is 36.0 Å². The molecule has 0 aliphatic carbocycles. The van der Waals surface area contributed by atoms with E-state index in [1.54, 1.807) is 26.1 Å². The number of fused-ring (bicyclic) bond motifs is 1. The topological polar surface area (TPSA) is 46.5 Å². The summed E-state index contributed by atoms with van der Waals surface area (Å²) in [5.74, 6) is 0.0923. The number of nitrogens with zero attached hydrogens (tertiary/aromatic N) is 2. The Labute approximate surface area is 125 Å². The molecule has 0 radical (unpaired) electrons. The third kappa shape index (κ3) is 3.83. The third-order valence-electron chi connectivity index (χ3n) is 3.47. The second-order valence-corrected chi connectivity index (χ2v) is 5.26. The number of carbonyl (C=O) groups excluding carboxylic acids is 1. The molecule has 0 aliphatic rings. The molecule has 0 atom stereocenters. The number of rotatable bonds is 7. The highest BCUT2D eigenvalue weighted by Gasteiger charge is 2.11. The molecule has 1 aromatic carbocycles. The monoisotopic (exact) mass is 289 g/mol. The summed E-state index contributed by atoms with van der Waals surface area (Å²) in [4.78, 5) is 13.6. The molecule has 114 valence electrons. The first-order valence-electron chi connectivity index (χ1n) is 7.10. The van der Waals surface area contributed by atoms with Gasteiger partial charge in [0.1, 0.15) is 6.54 Å². The summed E-state index contributed by atoms with van der Waals surface area (Å²) in [7, 11) is 5.25. The Kier molecular flexibility index (Phi) is 5.36. The maximum Gasteiger partial charge on any atom is 0.241 e. The number of likely N-dealkylation sites (N-methyl/N-ethyl adjacent to an activating group) is 1. The fourth-order valence-corrected chi connectivity index (χ4v) is 2.28. The van der Waals surface area contributed by atoms with Crippen molar-refractivity contribution in [1.82, 2.24) is 14.8 Å². The van der Waals surface area contributed by atoms with Crippen LogP contribution in [0.3, 0.4) is 0 Å². The number of hydrogen-bond donors (Lipinski definition) is 1. The van der Waals surface area contributed by atoms with Gasteiger partial charge in [-0.25, -0.2) is 0 Å². The summed E-state index contributed by atoms with van der Waals surface area (Å²) >= 11 is 0. The van der Waals surface area contributed by atoms with Crippen molar-refractivity contribution in [3.8, 4) is 0 Å². The molecule has 1 N–H and O–H groups in total. The zero-order valence-corrected chi connectivity index (χ0v) is 12.9. The van der Waals surface area contributed by atoms with Gasteiger partial charge in [0.05, 0.1) is 6.61 Å². The van der Waals surface area contributed by atoms with Gasteiger partial charge in [-0.15, -0.1) is 0 Å². The van der Waals surface area contributed by atoms with E-state index >= 15 is 0 Å². The maximum atomic E-state index is 11.9. The Balaban J connectivity index is 2.20. The molecule has 5 nitrogen and oxygen atoms in total. The van der Waals surface area contributed by atoms with Crippen LogP contribution >= 0.6 is 0 Å². The third-order valence-corrected chi connectivity index (χ3v) is 3.47. The summed E-state index contributed by atoms with van der Waals surface area (Å²) in [5.41, 5.74) is 2.30. The number of aromatic nitrogens is 1. The molecular formula is C16H23N3O2. The Morgan fingerprint density at radius 2 is 2.10 bits per heavy atom. The largest absolute Gasteiger partial charge is 0.383 e. The minimum atomic E-state index is 0.0923. The highest BCUT2D eigenvalue weighted by molar-refractivity contribution is 5.86. The van der Waals surface area contributed by atoms with Crippen molar-refractivity contribution in [2.24, 2.45) is 0 Å². The van der Waals surface area contributed by atoms with E-state index in [9.17, 15) is 4.79 Å². The first-order valence-corrected chi connectivity index (χ1v) is 7.10. The Hall–Kier alpha value is -1.85. The predicted molar refractivity (Wildman–Crippen MR) is 84.2 cm³/mol. The van der Waals surface area contributed by atoms with Crippen molar-refractivity contribution in [2.45, 2.75) is 13.1 Å². The minimum Gasteiger partial charge on any atom is -0.383 e. The van der Waals surface area contributed by atoms with Gasteiger partial charge in [0.25, 0.3) is 0 Å². The van der Waals surface area contributed by atoms with Gasteiger partial charge in [-0.05, 0) is 11.6 Å². The molecule has 0 spiro atoms. The molecule has 0 aliphatic heterocycles. The van der Waals surface area contributed by atoms with Crippen LogP contribution in [0.2, 0.25) is 0 Å². The molecule has 1 aromatic heterocycles. The Morgan fingerprint density at radius 3 is 2.81 bits per heavy atom. The average molecular weight is 289 g/mol. The van der Waals surface area contributed by atoms with Gasteiger partial charge in [0, 0.05) is 51.4 Å². The van der Waals surface area contributed by atoms with Crippen molar-refractivity contribution in [1.29, 1.82) is 0 Å². The number of benzene rings is 1. The van der Waals surface area contributed by atoms with Crippen molar-refractivity contribution >= 4 is 16.8 Å². The van der Waals surface area contributed by atoms with Crippen LogP contribution in [0.25, 0.3) is 10.9 Å². The number of hydrogen-bond acceptors (Lipinski definition) is 3. The van der Waals surface area contributed by atoms with Crippen LogP contribution < -0.4 is 5.32 Å². The van der Waals surface area contributed by atoms with Crippen molar-refractivity contribution in [2.75, 3.05) is 34.4 Å². The average Bonchev–Trinajstić information content (AvgIpc) is 2.82. The number of amides is 1.